The van der Waals surface area contributed by atoms with Gasteiger partial charge in [0.25, 0.3) is 0 Å². The predicted octanol–water partition coefficient (Wildman–Crippen LogP) is 0.793. The van der Waals surface area contributed by atoms with Crippen molar-refractivity contribution in [3.05, 3.63) is 35.9 Å². The first kappa shape index (κ1) is 24.7. The molecule has 0 saturated heterocycles. The molecule has 10 heteroatoms. The summed E-state index contributed by atoms with van der Waals surface area (Å²) in [5.41, 5.74) is 10.7. The summed E-state index contributed by atoms with van der Waals surface area (Å²) in [4.78, 5) is 40.3. The highest BCUT2D eigenvalue weighted by molar-refractivity contribution is 5.88. The Morgan fingerprint density at radius 3 is 2.40 bits per heavy atom. The van der Waals surface area contributed by atoms with E-state index in [1.807, 2.05) is 30.3 Å². The lowest BCUT2D eigenvalue weighted by Gasteiger charge is -2.21. The Morgan fingerprint density at radius 1 is 1.13 bits per heavy atom. The van der Waals surface area contributed by atoms with E-state index in [-0.39, 0.29) is 25.5 Å². The molecule has 0 fully saturated rings. The van der Waals surface area contributed by atoms with Gasteiger partial charge in [0.05, 0.1) is 0 Å². The van der Waals surface area contributed by atoms with Crippen molar-refractivity contribution in [2.24, 2.45) is 16.5 Å². The Bertz CT molecular complexity index is 727. The maximum absolute atomic E-state index is 12.5. The summed E-state index contributed by atoms with van der Waals surface area (Å²) in [5.74, 6) is -1.18. The number of hydrogen-bond donors (Lipinski definition) is 4. The van der Waals surface area contributed by atoms with Crippen molar-refractivity contribution >= 4 is 23.9 Å². The number of amides is 2. The predicted molar refractivity (Wildman–Crippen MR) is 112 cm³/mol. The molecule has 1 atom stereocenters. The van der Waals surface area contributed by atoms with Crippen LogP contribution in [0.5, 0.6) is 0 Å². The van der Waals surface area contributed by atoms with Gasteiger partial charge < -0.3 is 31.6 Å². The summed E-state index contributed by atoms with van der Waals surface area (Å²) >= 11 is 0. The molecule has 0 bridgehead atoms. The smallest absolute Gasteiger partial charge is 0.408 e. The second kappa shape index (κ2) is 12.3. The van der Waals surface area contributed by atoms with E-state index in [9.17, 15) is 14.4 Å². The number of esters is 1. The van der Waals surface area contributed by atoms with Crippen molar-refractivity contribution < 1.29 is 23.9 Å². The first-order chi connectivity index (χ1) is 14.1. The van der Waals surface area contributed by atoms with Crippen molar-refractivity contribution in [3.63, 3.8) is 0 Å². The topological polar surface area (TPSA) is 158 Å². The van der Waals surface area contributed by atoms with Crippen molar-refractivity contribution in [3.8, 4) is 0 Å². The largest absolute Gasteiger partial charge is 0.459 e. The van der Waals surface area contributed by atoms with Gasteiger partial charge in [0.1, 0.15) is 24.8 Å². The van der Waals surface area contributed by atoms with E-state index in [1.165, 1.54) is 0 Å². The number of nitrogens with zero attached hydrogens (tertiary/aromatic N) is 1. The van der Waals surface area contributed by atoms with Crippen molar-refractivity contribution in [2.45, 2.75) is 51.9 Å². The molecule has 1 aromatic carbocycles. The number of ether oxygens (including phenoxy) is 2. The summed E-state index contributed by atoms with van der Waals surface area (Å²) in [6.07, 6.45) is -0.0724. The van der Waals surface area contributed by atoms with Crippen molar-refractivity contribution in [2.75, 3.05) is 13.1 Å². The van der Waals surface area contributed by atoms with Gasteiger partial charge in [-0.15, -0.1) is 0 Å². The molecule has 166 valence electrons. The minimum Gasteiger partial charge on any atom is -0.459 e. The molecule has 2 amide bonds. The van der Waals surface area contributed by atoms with Gasteiger partial charge in [0.15, 0.2) is 5.96 Å². The zero-order valence-corrected chi connectivity index (χ0v) is 17.6. The van der Waals surface area contributed by atoms with Crippen LogP contribution in [0, 0.1) is 0 Å². The van der Waals surface area contributed by atoms with Gasteiger partial charge in [0, 0.05) is 6.54 Å². The average Bonchev–Trinajstić information content (AvgIpc) is 2.66. The standard InChI is InChI=1S/C20H31N5O5/c1-20(2,3)30-16(26)12-24-17(27)15(10-7-11-23-18(21)22)25-19(28)29-13-14-8-5-4-6-9-14/h4-6,8-9,15H,7,10-13H2,1-3H3,(H,24,27)(H,25,28)(H4,21,22,23)/t15-/m0/s1. The van der Waals surface area contributed by atoms with Gasteiger partial charge in [-0.25, -0.2) is 4.79 Å². The van der Waals surface area contributed by atoms with Crippen LogP contribution in [-0.2, 0) is 25.7 Å². The molecule has 0 aliphatic rings. The molecular weight excluding hydrogens is 390 g/mol. The highest BCUT2D eigenvalue weighted by Crippen LogP contribution is 2.07. The second-order valence-electron chi connectivity index (χ2n) is 7.51. The van der Waals surface area contributed by atoms with E-state index in [2.05, 4.69) is 15.6 Å². The van der Waals surface area contributed by atoms with Crippen LogP contribution in [0.2, 0.25) is 0 Å². The zero-order chi connectivity index (χ0) is 22.6. The summed E-state index contributed by atoms with van der Waals surface area (Å²) in [5, 5.41) is 4.98. The fraction of sp³-hybridized carbons (Fsp3) is 0.500. The summed E-state index contributed by atoms with van der Waals surface area (Å²) < 4.78 is 10.3. The third-order valence-corrected chi connectivity index (χ3v) is 3.59. The number of nitrogens with one attached hydrogen (secondary N) is 2. The lowest BCUT2D eigenvalue weighted by Crippen LogP contribution is -2.48. The molecule has 1 aromatic rings. The third-order valence-electron chi connectivity index (χ3n) is 3.59. The normalized spacial score (nSPS) is 11.7. The van der Waals surface area contributed by atoms with Crippen LogP contribution in [-0.4, -0.2) is 48.7 Å². The number of alkyl carbamates (subject to hydrolysis) is 1. The van der Waals surface area contributed by atoms with Crippen LogP contribution in [0.25, 0.3) is 0 Å². The van der Waals surface area contributed by atoms with Gasteiger partial charge in [0.2, 0.25) is 5.91 Å². The maximum atomic E-state index is 12.5. The number of carbonyl (C=O) groups excluding carboxylic acids is 3. The molecular formula is C20H31N5O5. The fourth-order valence-corrected chi connectivity index (χ4v) is 2.34. The summed E-state index contributed by atoms with van der Waals surface area (Å²) in [7, 11) is 0. The zero-order valence-electron chi connectivity index (χ0n) is 17.6. The van der Waals surface area contributed by atoms with Gasteiger partial charge in [-0.1, -0.05) is 30.3 Å². The second-order valence-corrected chi connectivity index (χ2v) is 7.51. The number of rotatable bonds is 10. The van der Waals surface area contributed by atoms with E-state index in [0.717, 1.165) is 5.56 Å². The molecule has 30 heavy (non-hydrogen) atoms. The molecule has 1 rings (SSSR count). The quantitative estimate of drug-likeness (QED) is 0.188. The lowest BCUT2D eigenvalue weighted by atomic mass is 10.1. The molecule has 0 saturated carbocycles. The molecule has 0 aromatic heterocycles. The highest BCUT2D eigenvalue weighted by atomic mass is 16.6. The van der Waals surface area contributed by atoms with E-state index in [4.69, 9.17) is 20.9 Å². The molecule has 0 unspecified atom stereocenters. The van der Waals surface area contributed by atoms with Crippen LogP contribution in [0.3, 0.4) is 0 Å². The minimum absolute atomic E-state index is 0.0591. The van der Waals surface area contributed by atoms with Crippen LogP contribution >= 0.6 is 0 Å². The molecule has 0 radical (unpaired) electrons. The van der Waals surface area contributed by atoms with Crippen molar-refractivity contribution in [1.82, 2.24) is 10.6 Å². The summed E-state index contributed by atoms with van der Waals surface area (Å²) in [6.45, 7) is 5.21. The van der Waals surface area contributed by atoms with E-state index >= 15 is 0 Å². The van der Waals surface area contributed by atoms with E-state index in [0.29, 0.717) is 13.0 Å². The van der Waals surface area contributed by atoms with Crippen LogP contribution in [0.1, 0.15) is 39.2 Å². The average molecular weight is 421 g/mol. The number of nitrogens with two attached hydrogens (primary N) is 2. The molecule has 0 heterocycles. The highest BCUT2D eigenvalue weighted by Gasteiger charge is 2.23. The molecule has 0 spiro atoms. The minimum atomic E-state index is -0.926. The van der Waals surface area contributed by atoms with Crippen LogP contribution in [0.15, 0.2) is 35.3 Å². The van der Waals surface area contributed by atoms with Gasteiger partial charge in [-0.3, -0.25) is 14.6 Å². The maximum Gasteiger partial charge on any atom is 0.408 e. The van der Waals surface area contributed by atoms with Crippen LogP contribution in [0.4, 0.5) is 4.79 Å². The van der Waals surface area contributed by atoms with Gasteiger partial charge >= 0.3 is 12.1 Å². The Kier molecular flexibility index (Phi) is 10.1. The Balaban J connectivity index is 2.60. The monoisotopic (exact) mass is 421 g/mol. The van der Waals surface area contributed by atoms with E-state index < -0.39 is 29.6 Å². The number of benzene rings is 1. The van der Waals surface area contributed by atoms with Crippen LogP contribution < -0.4 is 22.1 Å². The lowest BCUT2D eigenvalue weighted by molar-refractivity contribution is -0.154. The number of hydrogen-bond acceptors (Lipinski definition) is 6. The molecule has 6 N–H and O–H groups in total. The number of aliphatic imine (C=N–C) groups is 1. The number of carbonyl (C=O) groups is 3. The van der Waals surface area contributed by atoms with E-state index in [1.54, 1.807) is 20.8 Å². The molecule has 0 aliphatic carbocycles. The molecule has 0 aliphatic heterocycles. The van der Waals surface area contributed by atoms with Gasteiger partial charge in [-0.2, -0.15) is 0 Å². The van der Waals surface area contributed by atoms with Crippen molar-refractivity contribution in [1.29, 1.82) is 0 Å². The fourth-order valence-electron chi connectivity index (χ4n) is 2.34. The Morgan fingerprint density at radius 2 is 1.80 bits per heavy atom. The third kappa shape index (κ3) is 11.5. The Hall–Kier alpha value is -3.30. The molecule has 10 nitrogen and oxygen atoms in total. The number of guanidine groups is 1. The first-order valence-corrected chi connectivity index (χ1v) is 9.59. The van der Waals surface area contributed by atoms with Gasteiger partial charge in [-0.05, 0) is 39.2 Å². The first-order valence-electron chi connectivity index (χ1n) is 9.59. The summed E-state index contributed by atoms with van der Waals surface area (Å²) in [6, 6.07) is 8.21. The Labute approximate surface area is 176 Å². The SMILES string of the molecule is CC(C)(C)OC(=O)CNC(=O)[C@H](CCCN=C(N)N)NC(=O)OCc1ccccc1.